The van der Waals surface area contributed by atoms with Crippen LogP contribution in [-0.4, -0.2) is 10.2 Å². The highest BCUT2D eigenvalue weighted by Crippen LogP contribution is 2.26. The Balaban J connectivity index is 2.62. The summed E-state index contributed by atoms with van der Waals surface area (Å²) in [6.45, 7) is 4.28. The molecule has 16 heavy (non-hydrogen) atoms. The van der Waals surface area contributed by atoms with Crippen LogP contribution in [0.1, 0.15) is 25.1 Å². The van der Waals surface area contributed by atoms with Gasteiger partial charge in [-0.1, -0.05) is 44.2 Å². The first-order valence-corrected chi connectivity index (χ1v) is 5.75. The second kappa shape index (κ2) is 4.88. The number of aromatic nitrogens is 2. The molecular weight excluding hydrogens is 196 g/mol. The van der Waals surface area contributed by atoms with Crippen molar-refractivity contribution in [1.29, 1.82) is 0 Å². The summed E-state index contributed by atoms with van der Waals surface area (Å²) < 4.78 is 0. The number of hydrogen-bond donors (Lipinski definition) is 0. The molecular formula is C14H16N2. The number of hydrogen-bond acceptors (Lipinski definition) is 2. The molecule has 0 radical (unpaired) electrons. The van der Waals surface area contributed by atoms with E-state index in [0.29, 0.717) is 0 Å². The Labute approximate surface area is 96.4 Å². The molecule has 0 aliphatic heterocycles. The van der Waals surface area contributed by atoms with Crippen molar-refractivity contribution < 1.29 is 0 Å². The Bertz CT molecular complexity index is 441. The molecule has 0 aliphatic carbocycles. The van der Waals surface area contributed by atoms with Gasteiger partial charge in [0.1, 0.15) is 0 Å². The lowest BCUT2D eigenvalue weighted by atomic mass is 9.97. The number of aryl methyl sites for hydroxylation is 2. The molecule has 82 valence electrons. The van der Waals surface area contributed by atoms with Crippen molar-refractivity contribution in [1.82, 2.24) is 10.2 Å². The molecule has 0 saturated carbocycles. The van der Waals surface area contributed by atoms with Gasteiger partial charge in [-0.2, -0.15) is 10.2 Å². The third-order valence-corrected chi connectivity index (χ3v) is 2.78. The molecule has 2 heteroatoms. The lowest BCUT2D eigenvalue weighted by Crippen LogP contribution is -1.99. The van der Waals surface area contributed by atoms with E-state index in [0.717, 1.165) is 18.5 Å². The fraction of sp³-hybridized carbons (Fsp3) is 0.286. The normalized spacial score (nSPS) is 10.4. The van der Waals surface area contributed by atoms with Gasteiger partial charge in [-0.3, -0.25) is 0 Å². The van der Waals surface area contributed by atoms with Crippen LogP contribution in [0.2, 0.25) is 0 Å². The molecule has 0 spiro atoms. The molecule has 1 aromatic carbocycles. The third kappa shape index (κ3) is 1.96. The summed E-state index contributed by atoms with van der Waals surface area (Å²) in [7, 11) is 0. The zero-order valence-electron chi connectivity index (χ0n) is 9.77. The van der Waals surface area contributed by atoms with Gasteiger partial charge in [0, 0.05) is 5.56 Å². The van der Waals surface area contributed by atoms with Crippen molar-refractivity contribution in [3.8, 4) is 11.1 Å². The van der Waals surface area contributed by atoms with Gasteiger partial charge in [-0.25, -0.2) is 0 Å². The lowest BCUT2D eigenvalue weighted by molar-refractivity contribution is 0.899. The van der Waals surface area contributed by atoms with E-state index in [1.54, 1.807) is 0 Å². The Morgan fingerprint density at radius 2 is 1.75 bits per heavy atom. The number of benzene rings is 1. The van der Waals surface area contributed by atoms with Crippen LogP contribution in [0.5, 0.6) is 0 Å². The summed E-state index contributed by atoms with van der Waals surface area (Å²) in [6.07, 6.45) is 3.79. The molecule has 0 bridgehead atoms. The molecule has 0 unspecified atom stereocenters. The summed E-state index contributed by atoms with van der Waals surface area (Å²) in [5, 5.41) is 8.29. The maximum atomic E-state index is 4.23. The molecule has 1 aromatic heterocycles. The van der Waals surface area contributed by atoms with E-state index in [9.17, 15) is 0 Å². The van der Waals surface area contributed by atoms with Crippen LogP contribution < -0.4 is 0 Å². The van der Waals surface area contributed by atoms with Gasteiger partial charge >= 0.3 is 0 Å². The Hall–Kier alpha value is -1.70. The fourth-order valence-corrected chi connectivity index (χ4v) is 1.94. The van der Waals surface area contributed by atoms with E-state index >= 15 is 0 Å². The van der Waals surface area contributed by atoms with Crippen molar-refractivity contribution >= 4 is 0 Å². The summed E-state index contributed by atoms with van der Waals surface area (Å²) in [4.78, 5) is 0. The van der Waals surface area contributed by atoms with Crippen LogP contribution in [0.15, 0.2) is 36.5 Å². The largest absolute Gasteiger partial charge is 0.159 e. The predicted octanol–water partition coefficient (Wildman–Crippen LogP) is 3.27. The second-order valence-electron chi connectivity index (χ2n) is 3.76. The van der Waals surface area contributed by atoms with Crippen molar-refractivity contribution in [2.75, 3.05) is 0 Å². The first-order chi connectivity index (χ1) is 7.86. The highest BCUT2D eigenvalue weighted by Gasteiger charge is 2.09. The van der Waals surface area contributed by atoms with Gasteiger partial charge in [0.15, 0.2) is 0 Å². The minimum Gasteiger partial charge on any atom is -0.159 e. The summed E-state index contributed by atoms with van der Waals surface area (Å²) in [5.41, 5.74) is 4.87. The third-order valence-electron chi connectivity index (χ3n) is 2.78. The van der Waals surface area contributed by atoms with E-state index in [-0.39, 0.29) is 0 Å². The van der Waals surface area contributed by atoms with Crippen molar-refractivity contribution in [2.45, 2.75) is 26.7 Å². The van der Waals surface area contributed by atoms with E-state index in [2.05, 4.69) is 48.3 Å². The molecule has 0 aliphatic rings. The molecule has 0 atom stereocenters. The predicted molar refractivity (Wildman–Crippen MR) is 66.2 cm³/mol. The van der Waals surface area contributed by atoms with Crippen molar-refractivity contribution in [3.05, 3.63) is 47.8 Å². The molecule has 1 heterocycles. The lowest BCUT2D eigenvalue weighted by Gasteiger charge is -2.10. The Kier molecular flexibility index (Phi) is 3.30. The van der Waals surface area contributed by atoms with Gasteiger partial charge < -0.3 is 0 Å². The Morgan fingerprint density at radius 1 is 1.00 bits per heavy atom. The average Bonchev–Trinajstić information content (AvgIpc) is 2.38. The van der Waals surface area contributed by atoms with Gasteiger partial charge in [0.25, 0.3) is 0 Å². The van der Waals surface area contributed by atoms with E-state index < -0.39 is 0 Å². The van der Waals surface area contributed by atoms with Crippen LogP contribution in [0.4, 0.5) is 0 Å². The Morgan fingerprint density at radius 3 is 2.38 bits per heavy atom. The van der Waals surface area contributed by atoms with E-state index in [4.69, 9.17) is 0 Å². The van der Waals surface area contributed by atoms with Gasteiger partial charge in [-0.05, 0) is 24.0 Å². The van der Waals surface area contributed by atoms with E-state index in [1.807, 2.05) is 12.3 Å². The van der Waals surface area contributed by atoms with Crippen molar-refractivity contribution in [2.24, 2.45) is 0 Å². The van der Waals surface area contributed by atoms with Crippen LogP contribution in [0.25, 0.3) is 11.1 Å². The summed E-state index contributed by atoms with van der Waals surface area (Å²) in [6, 6.07) is 10.4. The zero-order chi connectivity index (χ0) is 11.4. The van der Waals surface area contributed by atoms with Crippen LogP contribution in [0.3, 0.4) is 0 Å². The smallest absolute Gasteiger partial charge is 0.0709 e. The molecule has 0 fully saturated rings. The molecule has 0 N–H and O–H groups in total. The van der Waals surface area contributed by atoms with Gasteiger partial charge in [-0.15, -0.1) is 0 Å². The first kappa shape index (κ1) is 10.8. The van der Waals surface area contributed by atoms with Crippen LogP contribution >= 0.6 is 0 Å². The molecule has 2 nitrogen and oxygen atoms in total. The number of nitrogens with zero attached hydrogens (tertiary/aromatic N) is 2. The van der Waals surface area contributed by atoms with Crippen LogP contribution in [0, 0.1) is 0 Å². The standard InChI is InChI=1S/C14H16N2/c1-3-11-10-15-16-13(4-2)14(11)12-8-6-5-7-9-12/h5-10H,3-4H2,1-2H3. The number of rotatable bonds is 3. The molecule has 2 rings (SSSR count). The fourth-order valence-electron chi connectivity index (χ4n) is 1.94. The highest BCUT2D eigenvalue weighted by molar-refractivity contribution is 5.69. The van der Waals surface area contributed by atoms with Crippen LogP contribution in [-0.2, 0) is 12.8 Å². The average molecular weight is 212 g/mol. The maximum absolute atomic E-state index is 4.23. The quantitative estimate of drug-likeness (QED) is 0.780. The second-order valence-corrected chi connectivity index (χ2v) is 3.76. The first-order valence-electron chi connectivity index (χ1n) is 5.75. The van der Waals surface area contributed by atoms with Crippen molar-refractivity contribution in [3.63, 3.8) is 0 Å². The molecule has 2 aromatic rings. The minimum absolute atomic E-state index is 0.922. The maximum Gasteiger partial charge on any atom is 0.0709 e. The molecule has 0 saturated heterocycles. The molecule has 0 amide bonds. The summed E-state index contributed by atoms with van der Waals surface area (Å²) in [5.74, 6) is 0. The topological polar surface area (TPSA) is 25.8 Å². The highest BCUT2D eigenvalue weighted by atomic mass is 15.1. The summed E-state index contributed by atoms with van der Waals surface area (Å²) >= 11 is 0. The van der Waals surface area contributed by atoms with E-state index in [1.165, 1.54) is 16.7 Å². The monoisotopic (exact) mass is 212 g/mol. The van der Waals surface area contributed by atoms with Gasteiger partial charge in [0.05, 0.1) is 11.9 Å². The zero-order valence-corrected chi connectivity index (χ0v) is 9.77. The SMILES string of the molecule is CCc1cnnc(CC)c1-c1ccccc1. The van der Waals surface area contributed by atoms with Gasteiger partial charge in [0.2, 0.25) is 0 Å². The minimum atomic E-state index is 0.922.